The van der Waals surface area contributed by atoms with Crippen LogP contribution in [0.2, 0.25) is 4.34 Å². The first-order valence-corrected chi connectivity index (χ1v) is 8.83. The van der Waals surface area contributed by atoms with E-state index in [9.17, 15) is 5.11 Å². The fraction of sp³-hybridized carbons (Fsp3) is 0.467. The molecule has 0 saturated heterocycles. The fourth-order valence-electron chi connectivity index (χ4n) is 2.16. The molecule has 0 aliphatic carbocycles. The van der Waals surface area contributed by atoms with Gasteiger partial charge in [-0.15, -0.1) is 22.7 Å². The lowest BCUT2D eigenvalue weighted by atomic mass is 10.1. The van der Waals surface area contributed by atoms with E-state index in [0.29, 0.717) is 12.5 Å². The summed E-state index contributed by atoms with van der Waals surface area (Å²) in [6.45, 7) is 4.84. The number of aliphatic hydroxyl groups excluding tert-OH is 1. The van der Waals surface area contributed by atoms with Gasteiger partial charge in [0.05, 0.1) is 16.5 Å². The Hall–Kier alpha value is -0.390. The van der Waals surface area contributed by atoms with Crippen LogP contribution in [0.4, 0.5) is 0 Å². The molecule has 2 heterocycles. The smallest absolute Gasteiger partial charge is 0.0931 e. The number of hydrogen-bond acceptors (Lipinski definition) is 4. The highest BCUT2D eigenvalue weighted by Crippen LogP contribution is 2.33. The Labute approximate surface area is 133 Å². The Kier molecular flexibility index (Phi) is 6.05. The highest BCUT2D eigenvalue weighted by molar-refractivity contribution is 7.16. The molecule has 0 amide bonds. The fourth-order valence-corrected chi connectivity index (χ4v) is 4.21. The van der Waals surface area contributed by atoms with Crippen molar-refractivity contribution in [2.45, 2.75) is 32.4 Å². The molecule has 0 aliphatic rings. The molecule has 0 radical (unpaired) electrons. The molecule has 2 nitrogen and oxygen atoms in total. The Balaban J connectivity index is 2.05. The van der Waals surface area contributed by atoms with Crippen molar-refractivity contribution in [3.8, 4) is 0 Å². The van der Waals surface area contributed by atoms with E-state index in [4.69, 9.17) is 11.6 Å². The van der Waals surface area contributed by atoms with Crippen LogP contribution in [0.3, 0.4) is 0 Å². The first kappa shape index (κ1) is 16.0. The van der Waals surface area contributed by atoms with Crippen LogP contribution >= 0.6 is 34.3 Å². The first-order chi connectivity index (χ1) is 9.56. The minimum atomic E-state index is -0.312. The van der Waals surface area contributed by atoms with Gasteiger partial charge in [-0.3, -0.25) is 0 Å². The number of hydrogen-bond donors (Lipinski definition) is 2. The first-order valence-electron chi connectivity index (χ1n) is 6.76. The molecule has 0 aliphatic heterocycles. The summed E-state index contributed by atoms with van der Waals surface area (Å²) >= 11 is 9.35. The summed E-state index contributed by atoms with van der Waals surface area (Å²) in [5, 5.41) is 15.6. The van der Waals surface area contributed by atoms with Crippen LogP contribution < -0.4 is 5.32 Å². The molecule has 2 unspecified atom stereocenters. The van der Waals surface area contributed by atoms with Gasteiger partial charge in [0.15, 0.2) is 0 Å². The Morgan fingerprint density at radius 3 is 2.60 bits per heavy atom. The molecule has 0 bridgehead atoms. The lowest BCUT2D eigenvalue weighted by Crippen LogP contribution is -2.31. The molecule has 110 valence electrons. The number of thiophene rings is 2. The number of halogens is 1. The van der Waals surface area contributed by atoms with Crippen molar-refractivity contribution in [3.63, 3.8) is 0 Å². The SMILES string of the molecule is CC(C)CC(O)CNC(c1cccs1)c1ccc(Cl)s1. The lowest BCUT2D eigenvalue weighted by molar-refractivity contribution is 0.144. The Morgan fingerprint density at radius 1 is 1.25 bits per heavy atom. The summed E-state index contributed by atoms with van der Waals surface area (Å²) in [4.78, 5) is 2.44. The minimum Gasteiger partial charge on any atom is -0.392 e. The van der Waals surface area contributed by atoms with Crippen LogP contribution in [0, 0.1) is 5.92 Å². The Morgan fingerprint density at radius 2 is 2.05 bits per heavy atom. The summed E-state index contributed by atoms with van der Waals surface area (Å²) in [5.74, 6) is 0.503. The highest BCUT2D eigenvalue weighted by Gasteiger charge is 2.18. The minimum absolute atomic E-state index is 0.120. The van der Waals surface area contributed by atoms with E-state index in [0.717, 1.165) is 10.8 Å². The number of nitrogens with one attached hydrogen (secondary N) is 1. The van der Waals surface area contributed by atoms with E-state index >= 15 is 0 Å². The number of aliphatic hydroxyl groups is 1. The predicted octanol–water partition coefficient (Wildman–Crippen LogP) is 4.55. The lowest BCUT2D eigenvalue weighted by Gasteiger charge is -2.20. The largest absolute Gasteiger partial charge is 0.392 e. The third kappa shape index (κ3) is 4.57. The van der Waals surface area contributed by atoms with Crippen molar-refractivity contribution < 1.29 is 5.11 Å². The van der Waals surface area contributed by atoms with Crippen molar-refractivity contribution >= 4 is 34.3 Å². The average molecular weight is 330 g/mol. The molecule has 2 atom stereocenters. The molecular weight excluding hydrogens is 310 g/mol. The van der Waals surface area contributed by atoms with E-state index in [-0.39, 0.29) is 12.1 Å². The van der Waals surface area contributed by atoms with Crippen LogP contribution in [0.25, 0.3) is 0 Å². The van der Waals surface area contributed by atoms with Gasteiger partial charge in [-0.2, -0.15) is 0 Å². The third-order valence-electron chi connectivity index (χ3n) is 3.01. The van der Waals surface area contributed by atoms with Crippen molar-refractivity contribution in [3.05, 3.63) is 43.7 Å². The molecule has 0 spiro atoms. The van der Waals surface area contributed by atoms with Crippen LogP contribution in [0.1, 0.15) is 36.1 Å². The van der Waals surface area contributed by atoms with Gasteiger partial charge in [-0.1, -0.05) is 31.5 Å². The van der Waals surface area contributed by atoms with Gasteiger partial charge in [0.2, 0.25) is 0 Å². The molecular formula is C15H20ClNOS2. The molecule has 5 heteroatoms. The Bertz CT molecular complexity index is 510. The van der Waals surface area contributed by atoms with Crippen molar-refractivity contribution in [1.82, 2.24) is 5.32 Å². The van der Waals surface area contributed by atoms with Gasteiger partial charge >= 0.3 is 0 Å². The maximum Gasteiger partial charge on any atom is 0.0931 e. The van der Waals surface area contributed by atoms with Gasteiger partial charge in [-0.05, 0) is 35.9 Å². The summed E-state index contributed by atoms with van der Waals surface area (Å²) in [5.41, 5.74) is 0. The van der Waals surface area contributed by atoms with Crippen molar-refractivity contribution in [1.29, 1.82) is 0 Å². The summed E-state index contributed by atoms with van der Waals surface area (Å²) in [6.07, 6.45) is 0.503. The molecule has 2 aromatic heterocycles. The van der Waals surface area contributed by atoms with Gasteiger partial charge in [0.1, 0.15) is 0 Å². The number of rotatable bonds is 7. The molecule has 2 N–H and O–H groups in total. The van der Waals surface area contributed by atoms with E-state index in [1.807, 2.05) is 6.07 Å². The molecule has 20 heavy (non-hydrogen) atoms. The molecule has 2 rings (SSSR count). The average Bonchev–Trinajstić information content (AvgIpc) is 3.01. The maximum absolute atomic E-state index is 10.0. The second-order valence-electron chi connectivity index (χ2n) is 5.28. The zero-order valence-electron chi connectivity index (χ0n) is 11.7. The molecule has 0 fully saturated rings. The second kappa shape index (κ2) is 7.57. The quantitative estimate of drug-likeness (QED) is 0.781. The van der Waals surface area contributed by atoms with Gasteiger partial charge in [-0.25, -0.2) is 0 Å². The van der Waals surface area contributed by atoms with Gasteiger partial charge in [0, 0.05) is 16.3 Å². The molecule has 0 saturated carbocycles. The van der Waals surface area contributed by atoms with E-state index in [1.165, 1.54) is 9.75 Å². The van der Waals surface area contributed by atoms with E-state index in [2.05, 4.69) is 42.7 Å². The van der Waals surface area contributed by atoms with Crippen LogP contribution in [0.15, 0.2) is 29.6 Å². The second-order valence-corrected chi connectivity index (χ2v) is 8.01. The van der Waals surface area contributed by atoms with E-state index in [1.54, 1.807) is 22.7 Å². The van der Waals surface area contributed by atoms with Crippen LogP contribution in [-0.4, -0.2) is 17.8 Å². The topological polar surface area (TPSA) is 32.3 Å². The van der Waals surface area contributed by atoms with Crippen LogP contribution in [0.5, 0.6) is 0 Å². The monoisotopic (exact) mass is 329 g/mol. The normalized spacial score (nSPS) is 14.7. The maximum atomic E-state index is 10.0. The van der Waals surface area contributed by atoms with E-state index < -0.39 is 0 Å². The van der Waals surface area contributed by atoms with Crippen LogP contribution in [-0.2, 0) is 0 Å². The summed E-state index contributed by atoms with van der Waals surface area (Å²) in [7, 11) is 0. The zero-order chi connectivity index (χ0) is 14.5. The van der Waals surface area contributed by atoms with Crippen molar-refractivity contribution in [2.75, 3.05) is 6.54 Å². The van der Waals surface area contributed by atoms with Gasteiger partial charge < -0.3 is 10.4 Å². The highest BCUT2D eigenvalue weighted by atomic mass is 35.5. The van der Waals surface area contributed by atoms with Crippen molar-refractivity contribution in [2.24, 2.45) is 5.92 Å². The zero-order valence-corrected chi connectivity index (χ0v) is 14.1. The standard InChI is InChI=1S/C15H20ClNOS2/c1-10(2)8-11(18)9-17-15(12-4-3-7-19-12)13-5-6-14(16)20-13/h3-7,10-11,15,17-18H,8-9H2,1-2H3. The predicted molar refractivity (Wildman–Crippen MR) is 89.0 cm³/mol. The van der Waals surface area contributed by atoms with Gasteiger partial charge in [0.25, 0.3) is 0 Å². The molecule has 2 aromatic rings. The summed E-state index contributed by atoms with van der Waals surface area (Å²) in [6, 6.07) is 8.27. The summed E-state index contributed by atoms with van der Waals surface area (Å²) < 4.78 is 0.797. The third-order valence-corrected chi connectivity index (χ3v) is 5.24. The molecule has 0 aromatic carbocycles.